The second-order valence-electron chi connectivity index (χ2n) is 5.01. The lowest BCUT2D eigenvalue weighted by atomic mass is 9.85. The van der Waals surface area contributed by atoms with E-state index in [2.05, 4.69) is 57.3 Å². The fraction of sp³-hybridized carbons (Fsp3) is 0.533. The van der Waals surface area contributed by atoms with Gasteiger partial charge in [-0.3, -0.25) is 0 Å². The molecule has 0 saturated heterocycles. The van der Waals surface area contributed by atoms with Gasteiger partial charge in [-0.25, -0.2) is 0 Å². The van der Waals surface area contributed by atoms with Crippen LogP contribution in [0.15, 0.2) is 18.2 Å². The van der Waals surface area contributed by atoms with Gasteiger partial charge in [-0.15, -0.1) is 0 Å². The molecule has 1 aromatic carbocycles. The Morgan fingerprint density at radius 2 is 1.82 bits per heavy atom. The molecule has 92 valence electrons. The van der Waals surface area contributed by atoms with Gasteiger partial charge in [0.25, 0.3) is 0 Å². The highest BCUT2D eigenvalue weighted by Crippen LogP contribution is 2.28. The SMILES string of the molecule is CNC(c1ccc(C)c(C)c1)C(C#N)C(C)C. The molecule has 0 aliphatic rings. The first-order valence-electron chi connectivity index (χ1n) is 6.15. The summed E-state index contributed by atoms with van der Waals surface area (Å²) >= 11 is 0. The molecule has 1 N–H and O–H groups in total. The van der Waals surface area contributed by atoms with Gasteiger partial charge in [-0.2, -0.15) is 5.26 Å². The zero-order chi connectivity index (χ0) is 13.0. The molecular formula is C15H22N2. The molecule has 2 heteroatoms. The average Bonchev–Trinajstić information content (AvgIpc) is 2.29. The number of rotatable bonds is 4. The molecule has 1 rings (SSSR count). The fourth-order valence-corrected chi connectivity index (χ4v) is 2.12. The summed E-state index contributed by atoms with van der Waals surface area (Å²) in [6, 6.07) is 8.97. The zero-order valence-electron chi connectivity index (χ0n) is 11.4. The van der Waals surface area contributed by atoms with E-state index >= 15 is 0 Å². The number of aryl methyl sites for hydroxylation is 2. The van der Waals surface area contributed by atoms with Gasteiger partial charge < -0.3 is 5.32 Å². The molecule has 0 saturated carbocycles. The number of hydrogen-bond acceptors (Lipinski definition) is 2. The first kappa shape index (κ1) is 13.7. The summed E-state index contributed by atoms with van der Waals surface area (Å²) < 4.78 is 0. The van der Waals surface area contributed by atoms with Gasteiger partial charge in [-0.1, -0.05) is 32.0 Å². The van der Waals surface area contributed by atoms with Crippen LogP contribution in [0.3, 0.4) is 0 Å². The van der Waals surface area contributed by atoms with Crippen molar-refractivity contribution in [2.45, 2.75) is 33.7 Å². The minimum Gasteiger partial charge on any atom is -0.312 e. The number of nitriles is 1. The predicted molar refractivity (Wildman–Crippen MR) is 71.7 cm³/mol. The predicted octanol–water partition coefficient (Wildman–Crippen LogP) is 3.36. The monoisotopic (exact) mass is 230 g/mol. The zero-order valence-corrected chi connectivity index (χ0v) is 11.4. The Morgan fingerprint density at radius 3 is 2.24 bits per heavy atom. The third kappa shape index (κ3) is 3.08. The molecule has 1 aromatic rings. The number of nitrogens with zero attached hydrogens (tertiary/aromatic N) is 1. The van der Waals surface area contributed by atoms with Gasteiger partial charge in [0.05, 0.1) is 12.0 Å². The molecule has 2 unspecified atom stereocenters. The standard InChI is InChI=1S/C15H22N2/c1-10(2)14(9-16)15(17-5)13-7-6-11(3)12(4)8-13/h6-8,10,14-15,17H,1-5H3. The topological polar surface area (TPSA) is 35.8 Å². The quantitative estimate of drug-likeness (QED) is 0.861. The molecule has 0 radical (unpaired) electrons. The minimum atomic E-state index is 0.00195. The van der Waals surface area contributed by atoms with E-state index < -0.39 is 0 Å². The molecule has 2 atom stereocenters. The molecule has 0 amide bonds. The van der Waals surface area contributed by atoms with Crippen molar-refractivity contribution in [2.24, 2.45) is 11.8 Å². The first-order valence-corrected chi connectivity index (χ1v) is 6.15. The Morgan fingerprint density at radius 1 is 1.18 bits per heavy atom. The second-order valence-corrected chi connectivity index (χ2v) is 5.01. The van der Waals surface area contributed by atoms with Gasteiger partial charge in [0.15, 0.2) is 0 Å². The van der Waals surface area contributed by atoms with Crippen LogP contribution in [0.4, 0.5) is 0 Å². The molecule has 0 heterocycles. The number of hydrogen-bond donors (Lipinski definition) is 1. The van der Waals surface area contributed by atoms with Crippen molar-refractivity contribution in [3.05, 3.63) is 34.9 Å². The number of benzene rings is 1. The largest absolute Gasteiger partial charge is 0.312 e. The minimum absolute atomic E-state index is 0.00195. The van der Waals surface area contributed by atoms with Crippen molar-refractivity contribution in [3.63, 3.8) is 0 Å². The van der Waals surface area contributed by atoms with Gasteiger partial charge in [0.2, 0.25) is 0 Å². The van der Waals surface area contributed by atoms with Gasteiger partial charge >= 0.3 is 0 Å². The summed E-state index contributed by atoms with van der Waals surface area (Å²) in [5.41, 5.74) is 3.78. The molecular weight excluding hydrogens is 208 g/mol. The summed E-state index contributed by atoms with van der Waals surface area (Å²) in [7, 11) is 1.92. The van der Waals surface area contributed by atoms with Gasteiger partial charge in [0, 0.05) is 6.04 Å². The molecule has 0 aromatic heterocycles. The van der Waals surface area contributed by atoms with Crippen LogP contribution in [0.25, 0.3) is 0 Å². The Labute approximate surface area is 105 Å². The van der Waals surface area contributed by atoms with Crippen LogP contribution in [0, 0.1) is 37.0 Å². The molecule has 0 spiro atoms. The van der Waals surface area contributed by atoms with E-state index in [0.717, 1.165) is 0 Å². The van der Waals surface area contributed by atoms with E-state index in [0.29, 0.717) is 5.92 Å². The highest BCUT2D eigenvalue weighted by molar-refractivity contribution is 5.32. The fourth-order valence-electron chi connectivity index (χ4n) is 2.12. The Balaban J connectivity index is 3.09. The van der Waals surface area contributed by atoms with E-state index in [4.69, 9.17) is 0 Å². The lowest BCUT2D eigenvalue weighted by Crippen LogP contribution is -2.27. The Bertz CT molecular complexity index is 415. The maximum Gasteiger partial charge on any atom is 0.0681 e. The maximum atomic E-state index is 9.29. The van der Waals surface area contributed by atoms with E-state index in [1.165, 1.54) is 16.7 Å². The van der Waals surface area contributed by atoms with Crippen LogP contribution >= 0.6 is 0 Å². The van der Waals surface area contributed by atoms with E-state index in [9.17, 15) is 5.26 Å². The van der Waals surface area contributed by atoms with Crippen LogP contribution in [0.1, 0.15) is 36.6 Å². The smallest absolute Gasteiger partial charge is 0.0681 e. The lowest BCUT2D eigenvalue weighted by Gasteiger charge is -2.25. The average molecular weight is 230 g/mol. The van der Waals surface area contributed by atoms with Gasteiger partial charge in [0.1, 0.15) is 0 Å². The lowest BCUT2D eigenvalue weighted by molar-refractivity contribution is 0.363. The molecule has 0 aliphatic carbocycles. The summed E-state index contributed by atoms with van der Waals surface area (Å²) in [6.07, 6.45) is 0. The molecule has 0 fully saturated rings. The van der Waals surface area contributed by atoms with E-state index in [-0.39, 0.29) is 12.0 Å². The summed E-state index contributed by atoms with van der Waals surface area (Å²) in [5, 5.41) is 12.6. The third-order valence-electron chi connectivity index (χ3n) is 3.43. The number of nitrogens with one attached hydrogen (secondary N) is 1. The van der Waals surface area contributed by atoms with Crippen LogP contribution in [0.5, 0.6) is 0 Å². The molecule has 17 heavy (non-hydrogen) atoms. The summed E-state index contributed by atoms with van der Waals surface area (Å²) in [4.78, 5) is 0. The third-order valence-corrected chi connectivity index (χ3v) is 3.43. The molecule has 2 nitrogen and oxygen atoms in total. The molecule has 0 bridgehead atoms. The van der Waals surface area contributed by atoms with Crippen molar-refractivity contribution in [2.75, 3.05) is 7.05 Å². The highest BCUT2D eigenvalue weighted by Gasteiger charge is 2.24. The summed E-state index contributed by atoms with van der Waals surface area (Å²) in [5.74, 6) is 0.348. The van der Waals surface area contributed by atoms with Crippen molar-refractivity contribution in [1.29, 1.82) is 5.26 Å². The molecule has 0 aliphatic heterocycles. The van der Waals surface area contributed by atoms with Crippen molar-refractivity contribution < 1.29 is 0 Å². The Kier molecular flexibility index (Phi) is 4.72. The maximum absolute atomic E-state index is 9.29. The first-order chi connectivity index (χ1) is 8.01. The van der Waals surface area contributed by atoms with Gasteiger partial charge in [-0.05, 0) is 43.5 Å². The van der Waals surface area contributed by atoms with Crippen molar-refractivity contribution in [3.8, 4) is 6.07 Å². The second kappa shape index (κ2) is 5.84. The summed E-state index contributed by atoms with van der Waals surface area (Å²) in [6.45, 7) is 8.42. The van der Waals surface area contributed by atoms with Crippen molar-refractivity contribution in [1.82, 2.24) is 5.32 Å². The van der Waals surface area contributed by atoms with Crippen LogP contribution in [-0.2, 0) is 0 Å². The van der Waals surface area contributed by atoms with Crippen LogP contribution in [-0.4, -0.2) is 7.05 Å². The van der Waals surface area contributed by atoms with E-state index in [1.54, 1.807) is 0 Å². The normalized spacial score (nSPS) is 14.4. The highest BCUT2D eigenvalue weighted by atomic mass is 14.9. The van der Waals surface area contributed by atoms with Crippen LogP contribution in [0.2, 0.25) is 0 Å². The van der Waals surface area contributed by atoms with Crippen LogP contribution < -0.4 is 5.32 Å². The van der Waals surface area contributed by atoms with E-state index in [1.807, 2.05) is 7.05 Å². The Hall–Kier alpha value is -1.33. The van der Waals surface area contributed by atoms with Crippen molar-refractivity contribution >= 4 is 0 Å².